The SMILES string of the molecule is Cc1cc(C(C(C)C)C(C)Br)ccc1[N+](=O)[O-]. The first-order valence-electron chi connectivity index (χ1n) is 5.73. The van der Waals surface area contributed by atoms with E-state index in [-0.39, 0.29) is 10.6 Å². The van der Waals surface area contributed by atoms with Crippen molar-refractivity contribution in [2.45, 2.75) is 38.4 Å². The van der Waals surface area contributed by atoms with Crippen LogP contribution >= 0.6 is 15.9 Å². The Balaban J connectivity index is 3.15. The number of hydrogen-bond donors (Lipinski definition) is 0. The number of nitro benzene ring substituents is 1. The van der Waals surface area contributed by atoms with Crippen molar-refractivity contribution in [3.05, 3.63) is 39.4 Å². The van der Waals surface area contributed by atoms with Crippen molar-refractivity contribution in [2.24, 2.45) is 5.92 Å². The lowest BCUT2D eigenvalue weighted by Crippen LogP contribution is -2.15. The zero-order valence-electron chi connectivity index (χ0n) is 10.6. The van der Waals surface area contributed by atoms with Crippen LogP contribution in [0.2, 0.25) is 0 Å². The van der Waals surface area contributed by atoms with Gasteiger partial charge in [-0.15, -0.1) is 0 Å². The number of alkyl halides is 1. The van der Waals surface area contributed by atoms with E-state index in [4.69, 9.17) is 0 Å². The largest absolute Gasteiger partial charge is 0.272 e. The van der Waals surface area contributed by atoms with E-state index in [9.17, 15) is 10.1 Å². The van der Waals surface area contributed by atoms with E-state index in [2.05, 4.69) is 36.7 Å². The first-order chi connectivity index (χ1) is 7.84. The summed E-state index contributed by atoms with van der Waals surface area (Å²) in [5.74, 6) is 0.861. The van der Waals surface area contributed by atoms with Gasteiger partial charge in [-0.3, -0.25) is 10.1 Å². The maximum atomic E-state index is 10.8. The van der Waals surface area contributed by atoms with Crippen LogP contribution in [-0.4, -0.2) is 9.75 Å². The minimum absolute atomic E-state index is 0.193. The second kappa shape index (κ2) is 5.63. The predicted octanol–water partition coefficient (Wildman–Crippen LogP) is 4.43. The molecule has 0 amide bonds. The van der Waals surface area contributed by atoms with Gasteiger partial charge in [0.05, 0.1) is 4.92 Å². The van der Waals surface area contributed by atoms with Gasteiger partial charge in [0, 0.05) is 16.5 Å². The van der Waals surface area contributed by atoms with Gasteiger partial charge in [-0.1, -0.05) is 42.8 Å². The third kappa shape index (κ3) is 3.28. The van der Waals surface area contributed by atoms with Crippen molar-refractivity contribution >= 4 is 21.6 Å². The van der Waals surface area contributed by atoms with E-state index in [0.717, 1.165) is 11.1 Å². The van der Waals surface area contributed by atoms with Crippen LogP contribution < -0.4 is 0 Å². The number of benzene rings is 1. The number of nitrogens with zero attached hydrogens (tertiary/aromatic N) is 1. The van der Waals surface area contributed by atoms with Gasteiger partial charge < -0.3 is 0 Å². The van der Waals surface area contributed by atoms with Crippen molar-refractivity contribution in [2.75, 3.05) is 0 Å². The number of aryl methyl sites for hydroxylation is 1. The van der Waals surface area contributed by atoms with E-state index in [0.29, 0.717) is 16.7 Å². The van der Waals surface area contributed by atoms with Crippen molar-refractivity contribution < 1.29 is 4.92 Å². The van der Waals surface area contributed by atoms with Crippen molar-refractivity contribution in [3.8, 4) is 0 Å². The average molecular weight is 300 g/mol. The van der Waals surface area contributed by atoms with Crippen LogP contribution in [0.3, 0.4) is 0 Å². The summed E-state index contributed by atoms with van der Waals surface area (Å²) in [4.78, 5) is 10.8. The number of nitro groups is 1. The molecule has 0 radical (unpaired) electrons. The molecule has 0 fully saturated rings. The summed E-state index contributed by atoms with van der Waals surface area (Å²) >= 11 is 3.62. The van der Waals surface area contributed by atoms with Gasteiger partial charge in [-0.2, -0.15) is 0 Å². The molecule has 2 unspecified atom stereocenters. The maximum Gasteiger partial charge on any atom is 0.272 e. The normalized spacial score (nSPS) is 14.7. The molecule has 1 aromatic carbocycles. The Kier molecular flexibility index (Phi) is 4.69. The molecule has 0 aromatic heterocycles. The molecular weight excluding hydrogens is 282 g/mol. The van der Waals surface area contributed by atoms with Gasteiger partial charge in [0.25, 0.3) is 5.69 Å². The summed E-state index contributed by atoms with van der Waals surface area (Å²) in [7, 11) is 0. The monoisotopic (exact) mass is 299 g/mol. The van der Waals surface area contributed by atoms with Crippen LogP contribution in [0.25, 0.3) is 0 Å². The Hall–Kier alpha value is -0.900. The molecular formula is C13H18BrNO2. The highest BCUT2D eigenvalue weighted by Gasteiger charge is 2.22. The van der Waals surface area contributed by atoms with Crippen LogP contribution in [0.15, 0.2) is 18.2 Å². The lowest BCUT2D eigenvalue weighted by Gasteiger charge is -2.24. The zero-order valence-corrected chi connectivity index (χ0v) is 12.2. The number of halogens is 1. The predicted molar refractivity (Wildman–Crippen MR) is 73.8 cm³/mol. The van der Waals surface area contributed by atoms with E-state index in [1.807, 2.05) is 12.1 Å². The Morgan fingerprint density at radius 3 is 2.24 bits per heavy atom. The highest BCUT2D eigenvalue weighted by atomic mass is 79.9. The molecule has 1 aromatic rings. The zero-order chi connectivity index (χ0) is 13.2. The Morgan fingerprint density at radius 2 is 1.88 bits per heavy atom. The summed E-state index contributed by atoms with van der Waals surface area (Å²) in [6.07, 6.45) is 0. The standard InChI is InChI=1S/C13H18BrNO2/c1-8(2)13(10(4)14)11-5-6-12(15(16)17)9(3)7-11/h5-8,10,13H,1-4H3. The van der Waals surface area contributed by atoms with Gasteiger partial charge in [-0.25, -0.2) is 0 Å². The summed E-state index contributed by atoms with van der Waals surface area (Å²) in [5, 5.41) is 10.8. The third-order valence-corrected chi connectivity index (χ3v) is 3.59. The molecule has 3 nitrogen and oxygen atoms in total. The fourth-order valence-corrected chi connectivity index (χ4v) is 3.19. The highest BCUT2D eigenvalue weighted by Crippen LogP contribution is 2.34. The molecule has 4 heteroatoms. The minimum Gasteiger partial charge on any atom is -0.258 e. The minimum atomic E-state index is -0.332. The molecule has 0 heterocycles. The second-order valence-corrected chi connectivity index (χ2v) is 6.19. The van der Waals surface area contributed by atoms with E-state index in [1.165, 1.54) is 0 Å². The van der Waals surface area contributed by atoms with Crippen molar-refractivity contribution in [1.29, 1.82) is 0 Å². The molecule has 0 saturated heterocycles. The molecule has 0 aliphatic carbocycles. The quantitative estimate of drug-likeness (QED) is 0.469. The van der Waals surface area contributed by atoms with Crippen LogP contribution in [0, 0.1) is 23.0 Å². The van der Waals surface area contributed by atoms with Crippen LogP contribution in [0.1, 0.15) is 37.8 Å². The van der Waals surface area contributed by atoms with Crippen molar-refractivity contribution in [1.82, 2.24) is 0 Å². The molecule has 94 valence electrons. The van der Waals surface area contributed by atoms with Crippen molar-refractivity contribution in [3.63, 3.8) is 0 Å². The maximum absolute atomic E-state index is 10.8. The van der Waals surface area contributed by atoms with Gasteiger partial charge in [0.1, 0.15) is 0 Å². The molecule has 0 aliphatic heterocycles. The lowest BCUT2D eigenvalue weighted by atomic mass is 9.85. The third-order valence-electron chi connectivity index (χ3n) is 3.02. The van der Waals surface area contributed by atoms with Crippen LogP contribution in [0.5, 0.6) is 0 Å². The second-order valence-electron chi connectivity index (χ2n) is 4.75. The summed E-state index contributed by atoms with van der Waals surface area (Å²) < 4.78 is 0. The summed E-state index contributed by atoms with van der Waals surface area (Å²) in [5.41, 5.74) is 2.08. The average Bonchev–Trinajstić information content (AvgIpc) is 2.15. The molecule has 0 aliphatic rings. The smallest absolute Gasteiger partial charge is 0.258 e. The Bertz CT molecular complexity index is 408. The topological polar surface area (TPSA) is 43.1 Å². The van der Waals surface area contributed by atoms with Crippen LogP contribution in [-0.2, 0) is 0 Å². The number of rotatable bonds is 4. The Labute approximate surface area is 111 Å². The molecule has 0 N–H and O–H groups in total. The van der Waals surface area contributed by atoms with E-state index >= 15 is 0 Å². The summed E-state index contributed by atoms with van der Waals surface area (Å²) in [6.45, 7) is 8.23. The molecule has 1 rings (SSSR count). The molecule has 0 bridgehead atoms. The highest BCUT2D eigenvalue weighted by molar-refractivity contribution is 9.09. The first-order valence-corrected chi connectivity index (χ1v) is 6.65. The summed E-state index contributed by atoms with van der Waals surface area (Å²) in [6, 6.07) is 5.41. The lowest BCUT2D eigenvalue weighted by molar-refractivity contribution is -0.385. The van der Waals surface area contributed by atoms with Gasteiger partial charge in [0.2, 0.25) is 0 Å². The molecule has 2 atom stereocenters. The van der Waals surface area contributed by atoms with E-state index < -0.39 is 0 Å². The first kappa shape index (κ1) is 14.2. The van der Waals surface area contributed by atoms with Gasteiger partial charge in [0.15, 0.2) is 0 Å². The van der Waals surface area contributed by atoms with E-state index in [1.54, 1.807) is 13.0 Å². The molecule has 17 heavy (non-hydrogen) atoms. The Morgan fingerprint density at radius 1 is 1.29 bits per heavy atom. The molecule has 0 saturated carbocycles. The van der Waals surface area contributed by atoms with Gasteiger partial charge >= 0.3 is 0 Å². The van der Waals surface area contributed by atoms with Gasteiger partial charge in [-0.05, 0) is 30.4 Å². The fraction of sp³-hybridized carbons (Fsp3) is 0.538. The van der Waals surface area contributed by atoms with Crippen LogP contribution in [0.4, 0.5) is 5.69 Å². The fourth-order valence-electron chi connectivity index (χ4n) is 2.27. The number of hydrogen-bond acceptors (Lipinski definition) is 2. The molecule has 0 spiro atoms.